The van der Waals surface area contributed by atoms with Gasteiger partial charge in [-0.3, -0.25) is 4.79 Å². The molecule has 6 rings (SSSR count). The number of fused-ring (bicyclic) bond motifs is 8. The van der Waals surface area contributed by atoms with Crippen LogP contribution in [0.3, 0.4) is 0 Å². The first-order valence-corrected chi connectivity index (χ1v) is 15.8. The second kappa shape index (κ2) is 12.7. The van der Waals surface area contributed by atoms with E-state index in [0.29, 0.717) is 18.4 Å². The summed E-state index contributed by atoms with van der Waals surface area (Å²) in [4.78, 5) is 16.5. The molecule has 1 saturated heterocycles. The van der Waals surface area contributed by atoms with E-state index in [-0.39, 0.29) is 17.1 Å². The Bertz CT molecular complexity index is 1180. The summed E-state index contributed by atoms with van der Waals surface area (Å²) in [6, 6.07) is 15.9. The van der Waals surface area contributed by atoms with Crippen molar-refractivity contribution in [3.8, 4) is 0 Å². The summed E-state index contributed by atoms with van der Waals surface area (Å²) in [5, 5.41) is 23.4. The summed E-state index contributed by atoms with van der Waals surface area (Å²) in [7, 11) is 0. The monoisotopic (exact) mass is 543 g/mol. The van der Waals surface area contributed by atoms with E-state index in [1.807, 2.05) is 36.4 Å². The Balaban J connectivity index is 1.57. The zero-order valence-corrected chi connectivity index (χ0v) is 24.7. The van der Waals surface area contributed by atoms with Crippen molar-refractivity contribution in [1.82, 2.24) is 4.90 Å². The number of aliphatic hydroxyl groups excluding tert-OH is 1. The van der Waals surface area contributed by atoms with Crippen LogP contribution >= 0.6 is 0 Å². The minimum absolute atomic E-state index is 0.0383. The molecular weight excluding hydrogens is 494 g/mol. The van der Waals surface area contributed by atoms with Crippen molar-refractivity contribution >= 4 is 5.78 Å². The molecule has 1 heterocycles. The number of carbonyl (C=O) groups is 1. The highest BCUT2D eigenvalue weighted by atomic mass is 16.3. The molecule has 2 aromatic carbocycles. The van der Waals surface area contributed by atoms with Crippen LogP contribution in [0.2, 0.25) is 0 Å². The second-order valence-corrected chi connectivity index (χ2v) is 13.2. The van der Waals surface area contributed by atoms with E-state index in [4.69, 9.17) is 0 Å². The largest absolute Gasteiger partial charge is 0.393 e. The fourth-order valence-electron chi connectivity index (χ4n) is 7.78. The summed E-state index contributed by atoms with van der Waals surface area (Å²) >= 11 is 0. The average Bonchev–Trinajstić information content (AvgIpc) is 3.18. The van der Waals surface area contributed by atoms with Crippen LogP contribution in [0.15, 0.2) is 60.2 Å². The van der Waals surface area contributed by atoms with Gasteiger partial charge < -0.3 is 15.1 Å². The van der Waals surface area contributed by atoms with Crippen molar-refractivity contribution in [3.05, 3.63) is 82.4 Å². The Morgan fingerprint density at radius 1 is 0.975 bits per heavy atom. The molecule has 0 radical (unpaired) electrons. The van der Waals surface area contributed by atoms with Crippen LogP contribution in [0.5, 0.6) is 0 Å². The molecule has 4 aliphatic rings. The molecule has 1 aliphatic heterocycles. The molecule has 0 spiro atoms. The molecule has 0 aromatic heterocycles. The third kappa shape index (κ3) is 6.30. The van der Waals surface area contributed by atoms with E-state index in [1.165, 1.54) is 37.7 Å². The molecule has 3 aliphatic carbocycles. The minimum Gasteiger partial charge on any atom is -0.393 e. The first-order valence-electron chi connectivity index (χ1n) is 15.8. The van der Waals surface area contributed by atoms with Gasteiger partial charge >= 0.3 is 0 Å². The highest BCUT2D eigenvalue weighted by molar-refractivity contribution is 6.10. The maximum atomic E-state index is 14.0. The number of allylic oxidation sites excluding steroid dienone is 2. The maximum Gasteiger partial charge on any atom is 0.193 e. The number of aliphatic hydroxyl groups is 2. The Morgan fingerprint density at radius 3 is 2.45 bits per heavy atom. The van der Waals surface area contributed by atoms with Crippen molar-refractivity contribution in [2.75, 3.05) is 19.6 Å². The molecule has 216 valence electrons. The lowest BCUT2D eigenvalue weighted by Gasteiger charge is -2.46. The minimum atomic E-state index is -0.808. The highest BCUT2D eigenvalue weighted by Crippen LogP contribution is 2.59. The third-order valence-corrected chi connectivity index (χ3v) is 10.4. The van der Waals surface area contributed by atoms with Crippen molar-refractivity contribution in [3.63, 3.8) is 0 Å². The lowest BCUT2D eigenvalue weighted by atomic mass is 9.64. The SMILES string of the molecule is CC1=CCC[C@@]2(C)[C@@H](CC[C@@]2(O)CN2CCCCCCC2)c2ccc(cc2C(=O)c2ccccc2)C[C@@H](O)CC1. The molecule has 40 heavy (non-hydrogen) atoms. The van der Waals surface area contributed by atoms with E-state index < -0.39 is 11.7 Å². The van der Waals surface area contributed by atoms with Crippen LogP contribution in [0.1, 0.15) is 117 Å². The smallest absolute Gasteiger partial charge is 0.193 e. The fourth-order valence-corrected chi connectivity index (χ4v) is 7.78. The van der Waals surface area contributed by atoms with Crippen molar-refractivity contribution in [1.29, 1.82) is 0 Å². The molecule has 2 N–H and O–H groups in total. The fraction of sp³-hybridized carbons (Fsp3) is 0.583. The quantitative estimate of drug-likeness (QED) is 0.316. The normalized spacial score (nSPS) is 30.6. The zero-order chi connectivity index (χ0) is 28.2. The van der Waals surface area contributed by atoms with Gasteiger partial charge in [0.25, 0.3) is 0 Å². The predicted octanol–water partition coefficient (Wildman–Crippen LogP) is 7.22. The van der Waals surface area contributed by atoms with Crippen LogP contribution in [-0.2, 0) is 6.42 Å². The standard InChI is InChI=1S/C36H49NO3/c1-27-12-11-20-35(2)33(19-21-36(35,40)26-37-22-9-4-3-5-10-23-37)31-18-16-28(24-30(38)17-15-27)25-32(31)34(39)29-13-7-6-8-14-29/h6-8,12-14,16,18,25,30,33,38,40H,3-5,9-11,15,17,19-24,26H2,1-2H3/t30-,33-,35-,36+/m0/s1. The van der Waals surface area contributed by atoms with Gasteiger partial charge in [-0.05, 0) is 101 Å². The molecule has 1 saturated carbocycles. The number of carbonyl (C=O) groups excluding carboxylic acids is 1. The van der Waals surface area contributed by atoms with E-state index in [9.17, 15) is 15.0 Å². The third-order valence-electron chi connectivity index (χ3n) is 10.4. The first kappa shape index (κ1) is 29.2. The summed E-state index contributed by atoms with van der Waals surface area (Å²) in [5.74, 6) is 0.127. The van der Waals surface area contributed by atoms with E-state index >= 15 is 0 Å². The predicted molar refractivity (Wildman–Crippen MR) is 163 cm³/mol. The van der Waals surface area contributed by atoms with E-state index in [2.05, 4.69) is 37.0 Å². The van der Waals surface area contributed by atoms with Gasteiger partial charge in [0.15, 0.2) is 5.78 Å². The van der Waals surface area contributed by atoms with Crippen molar-refractivity contribution < 1.29 is 15.0 Å². The van der Waals surface area contributed by atoms with Crippen molar-refractivity contribution in [2.24, 2.45) is 5.41 Å². The molecule has 4 nitrogen and oxygen atoms in total. The molecule has 4 heteroatoms. The molecule has 4 atom stereocenters. The Hall–Kier alpha value is -2.27. The van der Waals surface area contributed by atoms with Gasteiger partial charge in [0.1, 0.15) is 0 Å². The number of hydrogen-bond donors (Lipinski definition) is 2. The van der Waals surface area contributed by atoms with Crippen LogP contribution in [-0.4, -0.2) is 52.2 Å². The Morgan fingerprint density at radius 2 is 1.70 bits per heavy atom. The molecule has 0 amide bonds. The van der Waals surface area contributed by atoms with Crippen LogP contribution < -0.4 is 0 Å². The number of β-amino-alcohol motifs (C(OH)–C–C–N with tert-alkyl or cyclic N) is 1. The van der Waals surface area contributed by atoms with E-state index in [0.717, 1.165) is 68.4 Å². The molecule has 2 bridgehead atoms. The summed E-state index contributed by atoms with van der Waals surface area (Å²) in [6.45, 7) is 7.32. The molecule has 2 aromatic rings. The lowest BCUT2D eigenvalue weighted by Crippen LogP contribution is -2.53. The number of rotatable bonds is 4. The Kier molecular flexibility index (Phi) is 9.29. The van der Waals surface area contributed by atoms with E-state index in [1.54, 1.807) is 0 Å². The Labute approximate surface area is 241 Å². The number of nitrogens with zero attached hydrogens (tertiary/aromatic N) is 1. The van der Waals surface area contributed by atoms with Gasteiger partial charge in [-0.1, -0.05) is 80.3 Å². The van der Waals surface area contributed by atoms with Crippen LogP contribution in [0, 0.1) is 5.41 Å². The number of ketones is 1. The molecule has 0 unspecified atom stereocenters. The molecular formula is C36H49NO3. The maximum absolute atomic E-state index is 14.0. The summed E-state index contributed by atoms with van der Waals surface area (Å²) in [5.41, 5.74) is 3.65. The van der Waals surface area contributed by atoms with Gasteiger partial charge in [0.2, 0.25) is 0 Å². The summed E-state index contributed by atoms with van der Waals surface area (Å²) < 4.78 is 0. The first-order chi connectivity index (χ1) is 19.3. The zero-order valence-electron chi connectivity index (χ0n) is 24.7. The van der Waals surface area contributed by atoms with Gasteiger partial charge in [-0.25, -0.2) is 0 Å². The van der Waals surface area contributed by atoms with Crippen molar-refractivity contribution in [2.45, 2.75) is 109 Å². The van der Waals surface area contributed by atoms with Gasteiger partial charge in [0.05, 0.1) is 11.7 Å². The number of hydrogen-bond acceptors (Lipinski definition) is 4. The van der Waals surface area contributed by atoms with Crippen LogP contribution in [0.4, 0.5) is 0 Å². The highest BCUT2D eigenvalue weighted by Gasteiger charge is 2.57. The van der Waals surface area contributed by atoms with Gasteiger partial charge in [0, 0.05) is 23.1 Å². The topological polar surface area (TPSA) is 60.8 Å². The summed E-state index contributed by atoms with van der Waals surface area (Å²) in [6.07, 6.45) is 13.7. The second-order valence-electron chi connectivity index (χ2n) is 13.2. The van der Waals surface area contributed by atoms with Crippen LogP contribution in [0.25, 0.3) is 0 Å². The number of likely N-dealkylation sites (tertiary alicyclic amines) is 1. The average molecular weight is 544 g/mol. The lowest BCUT2D eigenvalue weighted by molar-refractivity contribution is -0.0843. The van der Waals surface area contributed by atoms with Gasteiger partial charge in [-0.2, -0.15) is 0 Å². The molecule has 2 fully saturated rings. The van der Waals surface area contributed by atoms with Gasteiger partial charge in [-0.15, -0.1) is 0 Å². The number of benzene rings is 2.